The summed E-state index contributed by atoms with van der Waals surface area (Å²) in [6.45, 7) is 6.07. The van der Waals surface area contributed by atoms with Gasteiger partial charge < -0.3 is 10.2 Å². The van der Waals surface area contributed by atoms with Gasteiger partial charge in [-0.15, -0.1) is 0 Å². The molecule has 0 aliphatic carbocycles. The van der Waals surface area contributed by atoms with E-state index in [0.29, 0.717) is 19.6 Å². The Morgan fingerprint density at radius 2 is 2.00 bits per heavy atom. The molecule has 1 fully saturated rings. The second kappa shape index (κ2) is 7.79. The molecule has 1 saturated heterocycles. The quantitative estimate of drug-likeness (QED) is 0.857. The van der Waals surface area contributed by atoms with E-state index >= 15 is 0 Å². The minimum atomic E-state index is -3.49. The molecule has 0 bridgehead atoms. The van der Waals surface area contributed by atoms with E-state index < -0.39 is 10.0 Å². The zero-order valence-electron chi connectivity index (χ0n) is 13.7. The number of hydrogen-bond donors (Lipinski definition) is 2. The van der Waals surface area contributed by atoms with Gasteiger partial charge in [-0.3, -0.25) is 0 Å². The molecular weight excluding hydrogens is 314 g/mol. The fourth-order valence-electron chi connectivity index (χ4n) is 2.71. The SMILES string of the molecule is CCNC(=O)N1CCCC(CNS(=O)(=O)c2ccc(C)cc2)C1. The van der Waals surface area contributed by atoms with E-state index in [0.717, 1.165) is 24.9 Å². The summed E-state index contributed by atoms with van der Waals surface area (Å²) in [4.78, 5) is 13.9. The Balaban J connectivity index is 1.92. The number of rotatable bonds is 5. The number of hydrogen-bond acceptors (Lipinski definition) is 3. The number of nitrogens with zero attached hydrogens (tertiary/aromatic N) is 1. The highest BCUT2D eigenvalue weighted by atomic mass is 32.2. The maximum absolute atomic E-state index is 12.3. The van der Waals surface area contributed by atoms with Crippen molar-refractivity contribution in [2.75, 3.05) is 26.2 Å². The van der Waals surface area contributed by atoms with Crippen molar-refractivity contribution in [3.63, 3.8) is 0 Å². The van der Waals surface area contributed by atoms with Crippen LogP contribution in [0.15, 0.2) is 29.2 Å². The lowest BCUT2D eigenvalue weighted by atomic mass is 9.99. The molecule has 2 N–H and O–H groups in total. The van der Waals surface area contributed by atoms with E-state index in [-0.39, 0.29) is 16.8 Å². The first-order valence-electron chi connectivity index (χ1n) is 8.01. The maximum Gasteiger partial charge on any atom is 0.317 e. The van der Waals surface area contributed by atoms with Crippen LogP contribution in [0.2, 0.25) is 0 Å². The Bertz CT molecular complexity index is 628. The van der Waals surface area contributed by atoms with Crippen LogP contribution in [0.25, 0.3) is 0 Å². The van der Waals surface area contributed by atoms with Crippen LogP contribution in [0, 0.1) is 12.8 Å². The minimum Gasteiger partial charge on any atom is -0.338 e. The van der Waals surface area contributed by atoms with E-state index in [1.165, 1.54) is 0 Å². The van der Waals surface area contributed by atoms with Crippen molar-refractivity contribution in [2.24, 2.45) is 5.92 Å². The first-order chi connectivity index (χ1) is 10.9. The zero-order valence-corrected chi connectivity index (χ0v) is 14.5. The molecular formula is C16H25N3O3S. The van der Waals surface area contributed by atoms with Gasteiger partial charge in [0.15, 0.2) is 0 Å². The van der Waals surface area contributed by atoms with E-state index in [9.17, 15) is 13.2 Å². The molecule has 0 spiro atoms. The van der Waals surface area contributed by atoms with Gasteiger partial charge in [-0.05, 0) is 44.7 Å². The number of carbonyl (C=O) groups is 1. The van der Waals surface area contributed by atoms with E-state index in [2.05, 4.69) is 10.0 Å². The van der Waals surface area contributed by atoms with Crippen molar-refractivity contribution in [1.29, 1.82) is 0 Å². The number of urea groups is 1. The van der Waals surface area contributed by atoms with Crippen LogP contribution in [0.1, 0.15) is 25.3 Å². The predicted octanol–water partition coefficient (Wildman–Crippen LogP) is 1.71. The topological polar surface area (TPSA) is 78.5 Å². The Labute approximate surface area is 138 Å². The van der Waals surface area contributed by atoms with Gasteiger partial charge >= 0.3 is 6.03 Å². The fraction of sp³-hybridized carbons (Fsp3) is 0.562. The molecule has 1 aromatic carbocycles. The number of likely N-dealkylation sites (tertiary alicyclic amines) is 1. The summed E-state index contributed by atoms with van der Waals surface area (Å²) >= 11 is 0. The van der Waals surface area contributed by atoms with Crippen LogP contribution in [0.3, 0.4) is 0 Å². The van der Waals surface area contributed by atoms with Crippen molar-refractivity contribution >= 4 is 16.1 Å². The molecule has 128 valence electrons. The largest absolute Gasteiger partial charge is 0.338 e. The molecule has 7 heteroatoms. The highest BCUT2D eigenvalue weighted by Crippen LogP contribution is 2.17. The highest BCUT2D eigenvalue weighted by molar-refractivity contribution is 7.89. The summed E-state index contributed by atoms with van der Waals surface area (Å²) in [7, 11) is -3.49. The molecule has 0 saturated carbocycles. The second-order valence-electron chi connectivity index (χ2n) is 5.95. The monoisotopic (exact) mass is 339 g/mol. The third-order valence-corrected chi connectivity index (χ3v) is 5.47. The van der Waals surface area contributed by atoms with Crippen LogP contribution in [-0.4, -0.2) is 45.5 Å². The van der Waals surface area contributed by atoms with Gasteiger partial charge in [0.05, 0.1) is 4.90 Å². The zero-order chi connectivity index (χ0) is 16.9. The van der Waals surface area contributed by atoms with Gasteiger partial charge in [-0.1, -0.05) is 17.7 Å². The average Bonchev–Trinajstić information content (AvgIpc) is 2.54. The number of nitrogens with one attached hydrogen (secondary N) is 2. The number of amides is 2. The molecule has 23 heavy (non-hydrogen) atoms. The van der Waals surface area contributed by atoms with Crippen LogP contribution in [-0.2, 0) is 10.0 Å². The highest BCUT2D eigenvalue weighted by Gasteiger charge is 2.25. The van der Waals surface area contributed by atoms with Crippen LogP contribution in [0.4, 0.5) is 4.79 Å². The van der Waals surface area contributed by atoms with Crippen molar-refractivity contribution in [3.8, 4) is 0 Å². The molecule has 0 aromatic heterocycles. The van der Waals surface area contributed by atoms with Crippen molar-refractivity contribution in [2.45, 2.75) is 31.6 Å². The van der Waals surface area contributed by atoms with Gasteiger partial charge in [0, 0.05) is 26.2 Å². The first kappa shape index (κ1) is 17.7. The first-order valence-corrected chi connectivity index (χ1v) is 9.50. The average molecular weight is 339 g/mol. The van der Waals surface area contributed by atoms with Crippen molar-refractivity contribution in [1.82, 2.24) is 14.9 Å². The van der Waals surface area contributed by atoms with E-state index in [1.54, 1.807) is 29.2 Å². The van der Waals surface area contributed by atoms with Crippen molar-refractivity contribution in [3.05, 3.63) is 29.8 Å². The number of sulfonamides is 1. The Morgan fingerprint density at radius 3 is 2.65 bits per heavy atom. The molecule has 1 aromatic rings. The fourth-order valence-corrected chi connectivity index (χ4v) is 3.82. The lowest BCUT2D eigenvalue weighted by Crippen LogP contribution is -2.47. The second-order valence-corrected chi connectivity index (χ2v) is 7.72. The van der Waals surface area contributed by atoms with Gasteiger partial charge in [0.1, 0.15) is 0 Å². The van der Waals surface area contributed by atoms with E-state index in [1.807, 2.05) is 13.8 Å². The van der Waals surface area contributed by atoms with Crippen LogP contribution in [0.5, 0.6) is 0 Å². The summed E-state index contributed by atoms with van der Waals surface area (Å²) in [5.41, 5.74) is 1.02. The molecule has 1 aliphatic rings. The number of piperidine rings is 1. The summed E-state index contributed by atoms with van der Waals surface area (Å²) in [5, 5.41) is 2.79. The lowest BCUT2D eigenvalue weighted by Gasteiger charge is -2.32. The molecule has 1 aliphatic heterocycles. The number of aryl methyl sites for hydroxylation is 1. The maximum atomic E-state index is 12.3. The normalized spacial score (nSPS) is 18.7. The van der Waals surface area contributed by atoms with Gasteiger partial charge in [0.2, 0.25) is 10.0 Å². The number of benzene rings is 1. The predicted molar refractivity (Wildman–Crippen MR) is 89.7 cm³/mol. The van der Waals surface area contributed by atoms with Gasteiger partial charge in [-0.2, -0.15) is 0 Å². The third kappa shape index (κ3) is 4.94. The van der Waals surface area contributed by atoms with Gasteiger partial charge in [0.25, 0.3) is 0 Å². The Hall–Kier alpha value is -1.60. The Morgan fingerprint density at radius 1 is 1.30 bits per heavy atom. The molecule has 2 amide bonds. The molecule has 1 heterocycles. The molecule has 0 radical (unpaired) electrons. The van der Waals surface area contributed by atoms with Gasteiger partial charge in [-0.25, -0.2) is 17.9 Å². The summed E-state index contributed by atoms with van der Waals surface area (Å²) < 4.78 is 27.3. The summed E-state index contributed by atoms with van der Waals surface area (Å²) in [5.74, 6) is 0.145. The number of carbonyl (C=O) groups excluding carboxylic acids is 1. The molecule has 6 nitrogen and oxygen atoms in total. The van der Waals surface area contributed by atoms with Crippen LogP contribution < -0.4 is 10.0 Å². The van der Waals surface area contributed by atoms with Crippen molar-refractivity contribution < 1.29 is 13.2 Å². The van der Waals surface area contributed by atoms with E-state index in [4.69, 9.17) is 0 Å². The molecule has 1 unspecified atom stereocenters. The molecule has 1 atom stereocenters. The molecule has 2 rings (SSSR count). The standard InChI is InChI=1S/C16H25N3O3S/c1-3-17-16(20)19-10-4-5-14(12-19)11-18-23(21,22)15-8-6-13(2)7-9-15/h6-9,14,18H,3-5,10-12H2,1-2H3,(H,17,20). The summed E-state index contributed by atoms with van der Waals surface area (Å²) in [6.07, 6.45) is 1.82. The smallest absolute Gasteiger partial charge is 0.317 e. The lowest BCUT2D eigenvalue weighted by molar-refractivity contribution is 0.167. The third-order valence-electron chi connectivity index (χ3n) is 4.03. The Kier molecular flexibility index (Phi) is 6.01. The summed E-state index contributed by atoms with van der Waals surface area (Å²) in [6, 6.07) is 6.72. The minimum absolute atomic E-state index is 0.0707. The van der Waals surface area contributed by atoms with Crippen LogP contribution >= 0.6 is 0 Å².